The number of amides is 6. The van der Waals surface area contributed by atoms with Gasteiger partial charge in [0.05, 0.1) is 19.3 Å². The number of unbranched alkanes of at least 4 members (excludes halogenated alkanes) is 2. The summed E-state index contributed by atoms with van der Waals surface area (Å²) in [6, 6.07) is -5.34. The Balaban J connectivity index is 1.52. The highest BCUT2D eigenvalue weighted by Gasteiger charge is 2.49. The van der Waals surface area contributed by atoms with Crippen molar-refractivity contribution in [2.24, 2.45) is 5.92 Å². The van der Waals surface area contributed by atoms with Crippen molar-refractivity contribution in [3.8, 4) is 0 Å². The average Bonchev–Trinajstić information content (AvgIpc) is 3.75. The fourth-order valence-electron chi connectivity index (χ4n) is 7.75. The standard InChI is InChI=1S/C39H52F2N6O10/c1-5-6-7-8-9-32(49)43-28(15-24-13-25(40)16-26(41)14-24)34(50)44-33-23(4)57-39(55)30-12-21(2)18-46(30)36(52)22(3)42-35(51)31-20-56-11-10-45(31)37(53)29-17-27(48)19-47(29)38(33)54/h8-9,13-14,16,21-23,27-31,33,48H,5-7,10-12,15,17-20H2,1-4H3,(H,42,51)(H,43,49)(H,44,50)/b9-8+/t21-,22+,23+,27-,28+,29?,30+,31+,33+/m1/s1. The summed E-state index contributed by atoms with van der Waals surface area (Å²) in [4.78, 5) is 101. The molecule has 4 aliphatic heterocycles. The number of ether oxygens (including phenoxy) is 2. The predicted octanol–water partition coefficient (Wildman–Crippen LogP) is 0.0995. The number of cyclic esters (lactones) is 1. The van der Waals surface area contributed by atoms with Gasteiger partial charge in [-0.25, -0.2) is 13.6 Å². The molecule has 0 aliphatic carbocycles. The summed E-state index contributed by atoms with van der Waals surface area (Å²) < 4.78 is 39.8. The van der Waals surface area contributed by atoms with E-state index >= 15 is 0 Å². The SMILES string of the molecule is CCCC/C=C/C(=O)N[C@@H](Cc1cc(F)cc(F)c1)C(=O)N[C@@H]1C(=O)N2C[C@H](O)CC2C(=O)N2CCOC[C@H]2C(=O)N[C@@H](C)C(=O)N2C[C@H](C)C[C@H]2C(=O)O[C@H]1C. The molecular formula is C39H52F2N6O10. The van der Waals surface area contributed by atoms with Crippen molar-refractivity contribution in [2.45, 2.75) is 115 Å². The predicted molar refractivity (Wildman–Crippen MR) is 197 cm³/mol. The fourth-order valence-corrected chi connectivity index (χ4v) is 7.75. The molecule has 4 fully saturated rings. The summed E-state index contributed by atoms with van der Waals surface area (Å²) in [5.74, 6) is -7.45. The van der Waals surface area contributed by atoms with Gasteiger partial charge in [-0.3, -0.25) is 28.8 Å². The molecule has 0 saturated carbocycles. The maximum absolute atomic E-state index is 14.6. The molecule has 5 rings (SSSR count). The highest BCUT2D eigenvalue weighted by atomic mass is 19.1. The molecule has 4 N–H and O–H groups in total. The van der Waals surface area contributed by atoms with Gasteiger partial charge in [-0.05, 0) is 56.4 Å². The molecule has 1 aromatic carbocycles. The van der Waals surface area contributed by atoms with Crippen molar-refractivity contribution in [3.05, 3.63) is 47.5 Å². The summed E-state index contributed by atoms with van der Waals surface area (Å²) in [6.45, 7) is 6.23. The van der Waals surface area contributed by atoms with Crippen LogP contribution < -0.4 is 16.0 Å². The smallest absolute Gasteiger partial charge is 0.329 e. The summed E-state index contributed by atoms with van der Waals surface area (Å²) >= 11 is 0. The maximum atomic E-state index is 14.6. The van der Waals surface area contributed by atoms with E-state index in [0.717, 1.165) is 29.9 Å². The Hall–Kier alpha value is -4.97. The van der Waals surface area contributed by atoms with Crippen LogP contribution >= 0.6 is 0 Å². The third-order valence-electron chi connectivity index (χ3n) is 10.7. The van der Waals surface area contributed by atoms with E-state index in [1.807, 2.05) is 13.8 Å². The largest absolute Gasteiger partial charge is 0.458 e. The van der Waals surface area contributed by atoms with Crippen molar-refractivity contribution in [1.29, 1.82) is 0 Å². The lowest BCUT2D eigenvalue weighted by atomic mass is 10.0. The molecule has 0 aromatic heterocycles. The first-order valence-corrected chi connectivity index (χ1v) is 19.5. The van der Waals surface area contributed by atoms with Gasteiger partial charge in [0.2, 0.25) is 35.4 Å². The van der Waals surface area contributed by atoms with Gasteiger partial charge in [-0.2, -0.15) is 0 Å². The number of hydrogen-bond acceptors (Lipinski definition) is 10. The number of benzene rings is 1. The van der Waals surface area contributed by atoms with Crippen LogP contribution in [0, 0.1) is 17.6 Å². The van der Waals surface area contributed by atoms with Crippen LogP contribution in [0.2, 0.25) is 0 Å². The van der Waals surface area contributed by atoms with Crippen molar-refractivity contribution in [3.63, 3.8) is 0 Å². The van der Waals surface area contributed by atoms with Crippen LogP contribution in [-0.4, -0.2) is 143 Å². The van der Waals surface area contributed by atoms with Gasteiger partial charge in [-0.1, -0.05) is 32.8 Å². The Kier molecular flexibility index (Phi) is 14.4. The summed E-state index contributed by atoms with van der Waals surface area (Å²) in [6.07, 6.45) is 2.02. The van der Waals surface area contributed by atoms with Crippen LogP contribution in [0.1, 0.15) is 65.4 Å². The molecule has 16 nitrogen and oxygen atoms in total. The fraction of sp³-hybridized carbons (Fsp3) is 0.615. The normalized spacial score (nSPS) is 29.4. The Labute approximate surface area is 329 Å². The van der Waals surface area contributed by atoms with Crippen LogP contribution in [0.3, 0.4) is 0 Å². The zero-order valence-electron chi connectivity index (χ0n) is 32.6. The number of nitrogens with zero attached hydrogens (tertiary/aromatic N) is 3. The van der Waals surface area contributed by atoms with E-state index in [2.05, 4.69) is 16.0 Å². The second kappa shape index (κ2) is 19.0. The van der Waals surface area contributed by atoms with Crippen LogP contribution in [0.25, 0.3) is 0 Å². The number of rotatable bonds is 9. The zero-order chi connectivity index (χ0) is 41.6. The Bertz CT molecular complexity index is 1730. The van der Waals surface area contributed by atoms with Gasteiger partial charge in [-0.15, -0.1) is 0 Å². The van der Waals surface area contributed by atoms with E-state index in [1.54, 1.807) is 6.08 Å². The number of fused-ring (bicyclic) bond motifs is 3. The molecule has 0 radical (unpaired) electrons. The molecule has 312 valence electrons. The molecule has 4 saturated heterocycles. The second-order valence-corrected chi connectivity index (χ2v) is 15.3. The van der Waals surface area contributed by atoms with Crippen molar-refractivity contribution < 1.29 is 56.9 Å². The second-order valence-electron chi connectivity index (χ2n) is 15.3. The minimum absolute atomic E-state index is 0.0125. The lowest BCUT2D eigenvalue weighted by molar-refractivity contribution is -0.164. The molecule has 4 heterocycles. The number of aliphatic hydroxyl groups is 1. The molecule has 0 spiro atoms. The van der Waals surface area contributed by atoms with E-state index in [9.17, 15) is 47.4 Å². The first kappa shape index (κ1) is 43.2. The molecular weight excluding hydrogens is 750 g/mol. The number of allylic oxidation sites excluding steroid dienone is 1. The summed E-state index contributed by atoms with van der Waals surface area (Å²) in [7, 11) is 0. The molecule has 57 heavy (non-hydrogen) atoms. The Morgan fingerprint density at radius 1 is 0.947 bits per heavy atom. The maximum Gasteiger partial charge on any atom is 0.329 e. The average molecular weight is 803 g/mol. The number of halogens is 2. The number of esters is 1. The third kappa shape index (κ3) is 10.5. The Morgan fingerprint density at radius 2 is 1.65 bits per heavy atom. The minimum Gasteiger partial charge on any atom is -0.458 e. The van der Waals surface area contributed by atoms with Crippen LogP contribution in [0.15, 0.2) is 30.4 Å². The van der Waals surface area contributed by atoms with Gasteiger partial charge in [0.15, 0.2) is 0 Å². The van der Waals surface area contributed by atoms with Crippen LogP contribution in [0.5, 0.6) is 0 Å². The molecule has 0 bridgehead atoms. The first-order valence-electron chi connectivity index (χ1n) is 19.5. The van der Waals surface area contributed by atoms with E-state index in [0.29, 0.717) is 12.5 Å². The molecule has 18 heteroatoms. The van der Waals surface area contributed by atoms with Crippen molar-refractivity contribution >= 4 is 41.4 Å². The number of aliphatic hydroxyl groups excluding tert-OH is 1. The first-order chi connectivity index (χ1) is 27.1. The quantitative estimate of drug-likeness (QED) is 0.151. The van der Waals surface area contributed by atoms with E-state index in [4.69, 9.17) is 9.47 Å². The zero-order valence-corrected chi connectivity index (χ0v) is 32.6. The molecule has 1 aromatic rings. The molecule has 6 amide bonds. The van der Waals surface area contributed by atoms with Gasteiger partial charge in [0.1, 0.15) is 54.0 Å². The van der Waals surface area contributed by atoms with Gasteiger partial charge >= 0.3 is 5.97 Å². The molecule has 1 unspecified atom stereocenters. The van der Waals surface area contributed by atoms with Gasteiger partial charge in [0.25, 0.3) is 0 Å². The van der Waals surface area contributed by atoms with Crippen LogP contribution in [0.4, 0.5) is 8.78 Å². The highest BCUT2D eigenvalue weighted by molar-refractivity contribution is 5.98. The summed E-state index contributed by atoms with van der Waals surface area (Å²) in [5.41, 5.74) is 0.0125. The van der Waals surface area contributed by atoms with Crippen molar-refractivity contribution in [2.75, 3.05) is 32.8 Å². The van der Waals surface area contributed by atoms with Gasteiger partial charge < -0.3 is 45.2 Å². The number of morpholine rings is 1. The lowest BCUT2D eigenvalue weighted by Gasteiger charge is -2.39. The van der Waals surface area contributed by atoms with E-state index < -0.39 is 108 Å². The topological polar surface area (TPSA) is 204 Å². The summed E-state index contributed by atoms with van der Waals surface area (Å²) in [5, 5.41) is 18.5. The monoisotopic (exact) mass is 802 g/mol. The van der Waals surface area contributed by atoms with Crippen molar-refractivity contribution in [1.82, 2.24) is 30.7 Å². The highest BCUT2D eigenvalue weighted by Crippen LogP contribution is 2.28. The minimum atomic E-state index is -1.73. The Morgan fingerprint density at radius 3 is 2.35 bits per heavy atom. The molecule has 9 atom stereocenters. The van der Waals surface area contributed by atoms with Gasteiger partial charge in [0, 0.05) is 38.5 Å². The van der Waals surface area contributed by atoms with E-state index in [-0.39, 0.29) is 57.2 Å². The number of nitrogens with one attached hydrogen (secondary N) is 3. The number of carbonyl (C=O) groups excluding carboxylic acids is 7. The molecule has 4 aliphatic rings. The van der Waals surface area contributed by atoms with Crippen LogP contribution in [-0.2, 0) is 49.5 Å². The number of hydrogen-bond donors (Lipinski definition) is 4. The third-order valence-corrected chi connectivity index (χ3v) is 10.7. The van der Waals surface area contributed by atoms with E-state index in [1.165, 1.54) is 29.7 Å². The number of carbonyl (C=O) groups is 7. The lowest BCUT2D eigenvalue weighted by Crippen LogP contribution is -2.64.